The van der Waals surface area contributed by atoms with Gasteiger partial charge in [0.2, 0.25) is 0 Å². The molecule has 182 valence electrons. The molecule has 1 heterocycles. The molecule has 1 amide bonds. The van der Waals surface area contributed by atoms with Gasteiger partial charge in [0.05, 0.1) is 25.9 Å². The zero-order valence-corrected chi connectivity index (χ0v) is 21.3. The van der Waals surface area contributed by atoms with Crippen LogP contribution >= 0.6 is 11.3 Å². The molecule has 0 aliphatic heterocycles. The first-order valence-corrected chi connectivity index (χ1v) is 12.2. The van der Waals surface area contributed by atoms with Crippen LogP contribution in [0.15, 0.2) is 23.8 Å². The lowest BCUT2D eigenvalue weighted by molar-refractivity contribution is -0.112. The number of hydrogen-bond donors (Lipinski definition) is 1. The van der Waals surface area contributed by atoms with E-state index in [9.17, 15) is 14.9 Å². The molecular formula is C26H32N2O5S. The minimum Gasteiger partial charge on any atom is -0.493 e. The van der Waals surface area contributed by atoms with Crippen molar-refractivity contribution in [3.63, 3.8) is 0 Å². The lowest BCUT2D eigenvalue weighted by Gasteiger charge is -2.11. The molecule has 2 aromatic rings. The molecular weight excluding hydrogens is 452 g/mol. The van der Waals surface area contributed by atoms with Crippen molar-refractivity contribution in [2.45, 2.75) is 53.4 Å². The Kier molecular flexibility index (Phi) is 10.6. The number of carbonyl (C=O) groups is 2. The van der Waals surface area contributed by atoms with Crippen LogP contribution in [0.2, 0.25) is 0 Å². The summed E-state index contributed by atoms with van der Waals surface area (Å²) in [6, 6.07) is 7.18. The monoisotopic (exact) mass is 484 g/mol. The summed E-state index contributed by atoms with van der Waals surface area (Å²) in [5.74, 6) is 0.0282. The normalized spacial score (nSPS) is 11.0. The van der Waals surface area contributed by atoms with E-state index in [1.54, 1.807) is 39.2 Å². The summed E-state index contributed by atoms with van der Waals surface area (Å²) in [5.41, 5.74) is 1.58. The largest absolute Gasteiger partial charge is 0.493 e. The second-order valence-electron chi connectivity index (χ2n) is 7.65. The van der Waals surface area contributed by atoms with Crippen molar-refractivity contribution in [1.82, 2.24) is 0 Å². The zero-order chi connectivity index (χ0) is 25.1. The van der Waals surface area contributed by atoms with E-state index in [1.165, 1.54) is 23.8 Å². The lowest BCUT2D eigenvalue weighted by atomic mass is 10.1. The molecule has 0 aliphatic rings. The molecule has 0 spiro atoms. The number of nitrogens with one attached hydrogen (secondary N) is 1. The fourth-order valence-electron chi connectivity index (χ4n) is 3.25. The molecule has 0 bridgehead atoms. The summed E-state index contributed by atoms with van der Waals surface area (Å²) >= 11 is 1.27. The van der Waals surface area contributed by atoms with Gasteiger partial charge in [0.15, 0.2) is 11.5 Å². The topological polar surface area (TPSA) is 97.7 Å². The molecule has 0 atom stereocenters. The number of esters is 1. The molecule has 8 heteroatoms. The second-order valence-corrected chi connectivity index (χ2v) is 8.88. The number of anilines is 1. The van der Waals surface area contributed by atoms with E-state index in [0.29, 0.717) is 34.2 Å². The quantitative estimate of drug-likeness (QED) is 0.170. The third kappa shape index (κ3) is 7.09. The van der Waals surface area contributed by atoms with Gasteiger partial charge < -0.3 is 19.5 Å². The highest BCUT2D eigenvalue weighted by atomic mass is 32.1. The van der Waals surface area contributed by atoms with Crippen LogP contribution in [-0.2, 0) is 9.53 Å². The molecule has 0 radical (unpaired) electrons. The summed E-state index contributed by atoms with van der Waals surface area (Å²) in [6.45, 7) is 8.36. The highest BCUT2D eigenvalue weighted by molar-refractivity contribution is 7.16. The first-order valence-electron chi connectivity index (χ1n) is 11.4. The maximum atomic E-state index is 12.8. The van der Waals surface area contributed by atoms with Gasteiger partial charge in [0.25, 0.3) is 5.91 Å². The smallest absolute Gasteiger partial charge is 0.341 e. The lowest BCUT2D eigenvalue weighted by Crippen LogP contribution is -2.16. The van der Waals surface area contributed by atoms with Gasteiger partial charge in [-0.05, 0) is 56.5 Å². The first kappa shape index (κ1) is 26.9. The van der Waals surface area contributed by atoms with E-state index < -0.39 is 11.9 Å². The van der Waals surface area contributed by atoms with Gasteiger partial charge in [-0.1, -0.05) is 32.3 Å². The van der Waals surface area contributed by atoms with E-state index in [2.05, 4.69) is 12.2 Å². The molecule has 0 saturated heterocycles. The Morgan fingerprint density at radius 3 is 2.56 bits per heavy atom. The van der Waals surface area contributed by atoms with Gasteiger partial charge in [-0.25, -0.2) is 4.79 Å². The number of hydrogen-bond acceptors (Lipinski definition) is 7. The van der Waals surface area contributed by atoms with Crippen LogP contribution in [0, 0.1) is 25.2 Å². The molecule has 2 rings (SSSR count). The van der Waals surface area contributed by atoms with Crippen LogP contribution in [0.25, 0.3) is 6.08 Å². The number of ether oxygens (including phenoxy) is 3. The summed E-state index contributed by atoms with van der Waals surface area (Å²) in [4.78, 5) is 26.1. The maximum Gasteiger partial charge on any atom is 0.341 e. The maximum absolute atomic E-state index is 12.8. The number of thiophene rings is 1. The van der Waals surface area contributed by atoms with Crippen LogP contribution in [0.4, 0.5) is 5.00 Å². The number of unbranched alkanes of at least 4 members (excludes halogenated alkanes) is 3. The second kappa shape index (κ2) is 13.4. The number of nitriles is 1. The first-order chi connectivity index (χ1) is 16.4. The standard InChI is InChI=1S/C26H32N2O5S/c1-6-8-9-10-13-33-21-12-11-19(15-22(21)31-5)14-20(16-27)24(29)28-25-23(26(30)32-7-2)17(3)18(4)34-25/h11-12,14-15H,6-10,13H2,1-5H3,(H,28,29)/b20-14+. The Morgan fingerprint density at radius 2 is 1.91 bits per heavy atom. The Morgan fingerprint density at radius 1 is 1.15 bits per heavy atom. The summed E-state index contributed by atoms with van der Waals surface area (Å²) in [6.07, 6.45) is 5.89. The van der Waals surface area contributed by atoms with Gasteiger partial charge in [-0.15, -0.1) is 11.3 Å². The van der Waals surface area contributed by atoms with Crippen molar-refractivity contribution < 1.29 is 23.8 Å². The van der Waals surface area contributed by atoms with Crippen molar-refractivity contribution >= 4 is 34.3 Å². The van der Waals surface area contributed by atoms with Gasteiger partial charge in [0.1, 0.15) is 16.6 Å². The van der Waals surface area contributed by atoms with Crippen LogP contribution in [-0.4, -0.2) is 32.2 Å². The van der Waals surface area contributed by atoms with Gasteiger partial charge in [-0.2, -0.15) is 5.26 Å². The Bertz CT molecular complexity index is 1080. The Labute approximate surface area is 205 Å². The SMILES string of the molecule is CCCCCCOc1ccc(/C=C(\C#N)C(=O)Nc2sc(C)c(C)c2C(=O)OCC)cc1OC. The average molecular weight is 485 g/mol. The molecule has 1 N–H and O–H groups in total. The molecule has 1 aromatic carbocycles. The molecule has 7 nitrogen and oxygen atoms in total. The Balaban J connectivity index is 2.20. The third-order valence-electron chi connectivity index (χ3n) is 5.21. The van der Waals surface area contributed by atoms with Crippen LogP contribution in [0.1, 0.15) is 65.9 Å². The number of carbonyl (C=O) groups excluding carboxylic acids is 2. The highest BCUT2D eigenvalue weighted by Gasteiger charge is 2.23. The number of rotatable bonds is 12. The molecule has 0 unspecified atom stereocenters. The highest BCUT2D eigenvalue weighted by Crippen LogP contribution is 2.34. The summed E-state index contributed by atoms with van der Waals surface area (Å²) in [5, 5.41) is 12.7. The predicted molar refractivity (Wildman–Crippen MR) is 135 cm³/mol. The number of benzene rings is 1. The van der Waals surface area contributed by atoms with E-state index in [-0.39, 0.29) is 12.2 Å². The fraction of sp³-hybridized carbons (Fsp3) is 0.423. The van der Waals surface area contributed by atoms with E-state index >= 15 is 0 Å². The number of methoxy groups -OCH3 is 1. The number of aryl methyl sites for hydroxylation is 1. The Hall–Kier alpha value is -3.31. The van der Waals surface area contributed by atoms with Gasteiger partial charge >= 0.3 is 5.97 Å². The minimum atomic E-state index is -0.607. The van der Waals surface area contributed by atoms with Crippen molar-refractivity contribution in [2.24, 2.45) is 0 Å². The van der Waals surface area contributed by atoms with Crippen molar-refractivity contribution in [1.29, 1.82) is 5.26 Å². The molecule has 0 fully saturated rings. The molecule has 0 aliphatic carbocycles. The van der Waals surface area contributed by atoms with Crippen LogP contribution in [0.3, 0.4) is 0 Å². The van der Waals surface area contributed by atoms with Crippen LogP contribution in [0.5, 0.6) is 11.5 Å². The summed E-state index contributed by atoms with van der Waals surface area (Å²) < 4.78 is 16.4. The van der Waals surface area contributed by atoms with Gasteiger partial charge in [0, 0.05) is 4.88 Å². The van der Waals surface area contributed by atoms with Crippen molar-refractivity contribution in [3.05, 3.63) is 45.3 Å². The van der Waals surface area contributed by atoms with Crippen molar-refractivity contribution in [2.75, 3.05) is 25.6 Å². The molecule has 0 saturated carbocycles. The van der Waals surface area contributed by atoms with Crippen LogP contribution < -0.4 is 14.8 Å². The fourth-order valence-corrected chi connectivity index (χ4v) is 4.30. The average Bonchev–Trinajstić information content (AvgIpc) is 3.10. The van der Waals surface area contributed by atoms with E-state index in [0.717, 1.165) is 29.7 Å². The van der Waals surface area contributed by atoms with E-state index in [4.69, 9.17) is 14.2 Å². The molecule has 1 aromatic heterocycles. The zero-order valence-electron chi connectivity index (χ0n) is 20.4. The molecule has 34 heavy (non-hydrogen) atoms. The van der Waals surface area contributed by atoms with Crippen molar-refractivity contribution in [3.8, 4) is 17.6 Å². The third-order valence-corrected chi connectivity index (χ3v) is 6.33. The number of nitrogens with zero attached hydrogens (tertiary/aromatic N) is 1. The summed E-state index contributed by atoms with van der Waals surface area (Å²) in [7, 11) is 1.54. The van der Waals surface area contributed by atoms with E-state index in [1.807, 2.05) is 13.0 Å². The minimum absolute atomic E-state index is 0.103. The van der Waals surface area contributed by atoms with Gasteiger partial charge in [-0.3, -0.25) is 4.79 Å². The number of amides is 1. The predicted octanol–water partition coefficient (Wildman–Crippen LogP) is 6.06.